The molecule has 0 saturated heterocycles. The lowest BCUT2D eigenvalue weighted by Crippen LogP contribution is -2.08. The fraction of sp³-hybridized carbons (Fsp3) is 0.545. The van der Waals surface area contributed by atoms with E-state index in [0.29, 0.717) is 6.42 Å². The third-order valence-corrected chi connectivity index (χ3v) is 5.79. The minimum atomic E-state index is -0.153. The number of esters is 1. The largest absolute Gasteiger partial charge is 0.469 e. The number of halogens is 2. The number of methoxy groups -OCH3 is 1. The van der Waals surface area contributed by atoms with Gasteiger partial charge in [-0.15, -0.1) is 11.3 Å². The first-order valence-electron chi connectivity index (χ1n) is 5.31. The highest BCUT2D eigenvalue weighted by Crippen LogP contribution is 2.36. The molecule has 0 saturated carbocycles. The van der Waals surface area contributed by atoms with Gasteiger partial charge in [0, 0.05) is 21.8 Å². The minimum Gasteiger partial charge on any atom is -0.469 e. The van der Waals surface area contributed by atoms with Crippen LogP contribution in [0.4, 0.5) is 0 Å². The van der Waals surface area contributed by atoms with E-state index in [1.807, 2.05) is 6.07 Å². The van der Waals surface area contributed by atoms with E-state index in [1.54, 1.807) is 11.3 Å². The number of nitrogens with two attached hydrogens (primary N) is 1. The maximum Gasteiger partial charge on any atom is 0.305 e. The zero-order chi connectivity index (χ0) is 12.8. The number of hydrogen-bond donors (Lipinski definition) is 1. The molecular formula is C11H15Br2NO2S. The molecule has 0 bridgehead atoms. The fourth-order valence-corrected chi connectivity index (χ4v) is 3.55. The molecule has 2 N–H and O–H groups in total. The van der Waals surface area contributed by atoms with Crippen molar-refractivity contribution in [2.75, 3.05) is 7.11 Å². The first-order chi connectivity index (χ1) is 8.04. The number of hydrogen-bond acceptors (Lipinski definition) is 4. The first kappa shape index (κ1) is 15.1. The molecule has 1 aromatic rings. The molecular weight excluding hydrogens is 370 g/mol. The Bertz CT molecular complexity index is 362. The summed E-state index contributed by atoms with van der Waals surface area (Å²) in [6.45, 7) is 0. The van der Waals surface area contributed by atoms with Crippen LogP contribution in [0, 0.1) is 0 Å². The molecule has 1 atom stereocenters. The van der Waals surface area contributed by atoms with E-state index in [1.165, 1.54) is 7.11 Å². The van der Waals surface area contributed by atoms with E-state index in [2.05, 4.69) is 36.6 Å². The molecule has 1 unspecified atom stereocenters. The van der Waals surface area contributed by atoms with Gasteiger partial charge in [0.1, 0.15) is 0 Å². The van der Waals surface area contributed by atoms with E-state index in [9.17, 15) is 4.79 Å². The normalized spacial score (nSPS) is 12.5. The van der Waals surface area contributed by atoms with Gasteiger partial charge in [-0.25, -0.2) is 0 Å². The molecule has 17 heavy (non-hydrogen) atoms. The summed E-state index contributed by atoms with van der Waals surface area (Å²) in [5.41, 5.74) is 6.08. The number of ether oxygens (including phenoxy) is 1. The molecule has 0 radical (unpaired) electrons. The molecule has 0 aliphatic carbocycles. The highest BCUT2D eigenvalue weighted by atomic mass is 79.9. The Balaban J connectivity index is 2.30. The Morgan fingerprint density at radius 2 is 2.24 bits per heavy atom. The van der Waals surface area contributed by atoms with Crippen LogP contribution in [0.25, 0.3) is 0 Å². The summed E-state index contributed by atoms with van der Waals surface area (Å²) in [6.07, 6.45) is 3.12. The Kier molecular flexibility index (Phi) is 6.69. The highest BCUT2D eigenvalue weighted by Gasteiger charge is 2.11. The second kappa shape index (κ2) is 7.51. The van der Waals surface area contributed by atoms with Crippen molar-refractivity contribution < 1.29 is 9.53 Å². The second-order valence-electron chi connectivity index (χ2n) is 3.70. The van der Waals surface area contributed by atoms with Gasteiger partial charge >= 0.3 is 5.97 Å². The molecule has 0 aliphatic rings. The monoisotopic (exact) mass is 383 g/mol. The van der Waals surface area contributed by atoms with Gasteiger partial charge in [-0.05, 0) is 50.8 Å². The van der Waals surface area contributed by atoms with Gasteiger partial charge in [0.05, 0.1) is 10.9 Å². The van der Waals surface area contributed by atoms with Crippen LogP contribution in [0.2, 0.25) is 0 Å². The molecule has 1 rings (SSSR count). The minimum absolute atomic E-state index is 0.0419. The van der Waals surface area contributed by atoms with Crippen molar-refractivity contribution in [1.82, 2.24) is 0 Å². The molecule has 0 fully saturated rings. The maximum atomic E-state index is 10.9. The Morgan fingerprint density at radius 3 is 2.76 bits per heavy atom. The van der Waals surface area contributed by atoms with E-state index in [0.717, 1.165) is 32.4 Å². The van der Waals surface area contributed by atoms with Gasteiger partial charge in [0.2, 0.25) is 0 Å². The zero-order valence-corrected chi connectivity index (χ0v) is 13.5. The summed E-state index contributed by atoms with van der Waals surface area (Å²) in [4.78, 5) is 12.1. The zero-order valence-electron chi connectivity index (χ0n) is 9.54. The molecule has 3 nitrogen and oxygen atoms in total. The summed E-state index contributed by atoms with van der Waals surface area (Å²) < 4.78 is 6.69. The molecule has 0 spiro atoms. The standard InChI is InChI=1S/C11H15Br2NO2S/c1-16-10(15)5-3-2-4-8(14)9-6-7(12)11(13)17-9/h6,8H,2-5,14H2,1H3. The molecule has 96 valence electrons. The summed E-state index contributed by atoms with van der Waals surface area (Å²) >= 11 is 8.54. The van der Waals surface area contributed by atoms with Crippen molar-refractivity contribution in [2.45, 2.75) is 31.7 Å². The summed E-state index contributed by atoms with van der Waals surface area (Å²) in [5, 5.41) is 0. The van der Waals surface area contributed by atoms with E-state index < -0.39 is 0 Å². The highest BCUT2D eigenvalue weighted by molar-refractivity contribution is 9.13. The van der Waals surface area contributed by atoms with Crippen LogP contribution in [0.3, 0.4) is 0 Å². The molecule has 0 aliphatic heterocycles. The van der Waals surface area contributed by atoms with Crippen LogP contribution in [-0.4, -0.2) is 13.1 Å². The third-order valence-electron chi connectivity index (χ3n) is 2.40. The summed E-state index contributed by atoms with van der Waals surface area (Å²) in [7, 11) is 1.41. The van der Waals surface area contributed by atoms with Crippen molar-refractivity contribution in [1.29, 1.82) is 0 Å². The lowest BCUT2D eigenvalue weighted by Gasteiger charge is -2.08. The molecule has 0 amide bonds. The van der Waals surface area contributed by atoms with Gasteiger partial charge in [0.25, 0.3) is 0 Å². The number of thiophene rings is 1. The van der Waals surface area contributed by atoms with Crippen molar-refractivity contribution in [2.24, 2.45) is 5.73 Å². The SMILES string of the molecule is COC(=O)CCCCC(N)c1cc(Br)c(Br)s1. The van der Waals surface area contributed by atoms with Crippen LogP contribution >= 0.6 is 43.2 Å². The van der Waals surface area contributed by atoms with Crippen LogP contribution in [-0.2, 0) is 9.53 Å². The number of carbonyl (C=O) groups is 1. The molecule has 1 aromatic heterocycles. The molecule has 6 heteroatoms. The summed E-state index contributed by atoms with van der Waals surface area (Å²) in [5.74, 6) is -0.153. The quantitative estimate of drug-likeness (QED) is 0.595. The smallest absolute Gasteiger partial charge is 0.305 e. The number of carbonyl (C=O) groups excluding carboxylic acids is 1. The fourth-order valence-electron chi connectivity index (χ4n) is 1.42. The Hall–Kier alpha value is 0.0900. The van der Waals surface area contributed by atoms with E-state index in [4.69, 9.17) is 5.73 Å². The second-order valence-corrected chi connectivity index (χ2v) is 6.95. The lowest BCUT2D eigenvalue weighted by molar-refractivity contribution is -0.140. The van der Waals surface area contributed by atoms with Gasteiger partial charge in [-0.1, -0.05) is 6.42 Å². The lowest BCUT2D eigenvalue weighted by atomic mass is 10.1. The van der Waals surface area contributed by atoms with Crippen LogP contribution in [0.15, 0.2) is 14.3 Å². The molecule has 0 aromatic carbocycles. The van der Waals surface area contributed by atoms with Gasteiger partial charge in [-0.2, -0.15) is 0 Å². The average Bonchev–Trinajstić information content (AvgIpc) is 2.64. The Morgan fingerprint density at radius 1 is 1.53 bits per heavy atom. The van der Waals surface area contributed by atoms with Crippen molar-refractivity contribution in [3.63, 3.8) is 0 Å². The third kappa shape index (κ3) is 5.07. The van der Waals surface area contributed by atoms with Crippen molar-refractivity contribution in [3.8, 4) is 0 Å². The van der Waals surface area contributed by atoms with Crippen LogP contribution in [0.1, 0.15) is 36.6 Å². The van der Waals surface area contributed by atoms with E-state index >= 15 is 0 Å². The van der Waals surface area contributed by atoms with E-state index in [-0.39, 0.29) is 12.0 Å². The predicted molar refractivity (Wildman–Crippen MR) is 77.1 cm³/mol. The molecule has 1 heterocycles. The van der Waals surface area contributed by atoms with Gasteiger partial charge in [-0.3, -0.25) is 4.79 Å². The van der Waals surface area contributed by atoms with Gasteiger partial charge < -0.3 is 10.5 Å². The number of rotatable bonds is 6. The van der Waals surface area contributed by atoms with Gasteiger partial charge in [0.15, 0.2) is 0 Å². The van der Waals surface area contributed by atoms with Crippen LogP contribution in [0.5, 0.6) is 0 Å². The number of unbranched alkanes of at least 4 members (excludes halogenated alkanes) is 1. The van der Waals surface area contributed by atoms with Crippen molar-refractivity contribution >= 4 is 49.2 Å². The van der Waals surface area contributed by atoms with Crippen molar-refractivity contribution in [3.05, 3.63) is 19.2 Å². The van der Waals surface area contributed by atoms with Crippen LogP contribution < -0.4 is 5.73 Å². The topological polar surface area (TPSA) is 52.3 Å². The Labute approximate surface area is 122 Å². The maximum absolute atomic E-state index is 10.9. The average molecular weight is 385 g/mol. The first-order valence-corrected chi connectivity index (χ1v) is 7.72. The predicted octanol–water partition coefficient (Wildman–Crippen LogP) is 4.01. The summed E-state index contributed by atoms with van der Waals surface area (Å²) in [6, 6.07) is 2.08.